The Balaban J connectivity index is 1.41. The van der Waals surface area contributed by atoms with E-state index in [2.05, 4.69) is 32.2 Å². The standard InChI is InChI=1S/C29H29Cl2N5O3/c1-29(2,3)34-26-10-8-22-24(35-36(28(22)33-26)27-6-4-5-11-37-27)17-38-20-7-9-23(31)25(15-20)39-21-13-18(16-32)12-19(30)14-21/h7-10,12-15,27H,4-6,11,17H2,1-3H3,(H,33,34). The molecular formula is C29H29Cl2N5O3. The number of pyridine rings is 1. The van der Waals surface area contributed by atoms with E-state index in [9.17, 15) is 5.26 Å². The van der Waals surface area contributed by atoms with Crippen molar-refractivity contribution in [3.63, 3.8) is 0 Å². The van der Waals surface area contributed by atoms with Gasteiger partial charge < -0.3 is 19.5 Å². The molecule has 1 fully saturated rings. The van der Waals surface area contributed by atoms with Gasteiger partial charge in [0.1, 0.15) is 35.4 Å². The molecular weight excluding hydrogens is 537 g/mol. The summed E-state index contributed by atoms with van der Waals surface area (Å²) in [7, 11) is 0. The number of ether oxygens (including phenoxy) is 3. The number of nitriles is 1. The van der Waals surface area contributed by atoms with E-state index in [0.717, 1.165) is 41.8 Å². The van der Waals surface area contributed by atoms with E-state index in [0.29, 0.717) is 39.5 Å². The van der Waals surface area contributed by atoms with Gasteiger partial charge in [0, 0.05) is 28.6 Å². The van der Waals surface area contributed by atoms with Crippen LogP contribution in [0, 0.1) is 11.3 Å². The molecule has 3 heterocycles. The summed E-state index contributed by atoms with van der Waals surface area (Å²) in [6, 6.07) is 16.0. The Morgan fingerprint density at radius 2 is 1.95 bits per heavy atom. The first-order chi connectivity index (χ1) is 18.7. The van der Waals surface area contributed by atoms with Crippen molar-refractivity contribution < 1.29 is 14.2 Å². The van der Waals surface area contributed by atoms with Gasteiger partial charge in [0.2, 0.25) is 0 Å². The Morgan fingerprint density at radius 3 is 2.69 bits per heavy atom. The number of rotatable bonds is 7. The second kappa shape index (κ2) is 11.3. The topological polar surface area (TPSA) is 94.2 Å². The van der Waals surface area contributed by atoms with Crippen molar-refractivity contribution in [2.75, 3.05) is 11.9 Å². The number of aromatic nitrogens is 3. The molecule has 0 saturated carbocycles. The normalized spacial score (nSPS) is 15.6. The van der Waals surface area contributed by atoms with Crippen LogP contribution < -0.4 is 14.8 Å². The van der Waals surface area contributed by atoms with Gasteiger partial charge in [-0.1, -0.05) is 23.2 Å². The minimum Gasteiger partial charge on any atom is -0.487 e. The average molecular weight is 566 g/mol. The van der Waals surface area contributed by atoms with Gasteiger partial charge in [0.15, 0.2) is 11.9 Å². The van der Waals surface area contributed by atoms with Gasteiger partial charge in [0.05, 0.1) is 16.7 Å². The van der Waals surface area contributed by atoms with Gasteiger partial charge >= 0.3 is 0 Å². The third kappa shape index (κ3) is 6.56. The molecule has 1 aliphatic heterocycles. The molecule has 0 bridgehead atoms. The minimum atomic E-state index is -0.168. The van der Waals surface area contributed by atoms with Gasteiger partial charge in [-0.2, -0.15) is 10.4 Å². The zero-order valence-corrected chi connectivity index (χ0v) is 23.5. The average Bonchev–Trinajstić information content (AvgIpc) is 3.26. The van der Waals surface area contributed by atoms with Crippen LogP contribution in [0.25, 0.3) is 11.0 Å². The smallest absolute Gasteiger partial charge is 0.163 e. The number of benzene rings is 2. The van der Waals surface area contributed by atoms with Crippen LogP contribution in [0.5, 0.6) is 17.2 Å². The van der Waals surface area contributed by atoms with Crippen molar-refractivity contribution in [2.24, 2.45) is 0 Å². The summed E-state index contributed by atoms with van der Waals surface area (Å²) in [5.74, 6) is 2.11. The minimum absolute atomic E-state index is 0.131. The van der Waals surface area contributed by atoms with Gasteiger partial charge in [-0.3, -0.25) is 0 Å². The van der Waals surface area contributed by atoms with E-state index in [-0.39, 0.29) is 18.4 Å². The van der Waals surface area contributed by atoms with Crippen LogP contribution in [0.15, 0.2) is 48.5 Å². The van der Waals surface area contributed by atoms with Crippen LogP contribution in [0.1, 0.15) is 57.5 Å². The van der Waals surface area contributed by atoms with Crippen LogP contribution >= 0.6 is 23.2 Å². The van der Waals surface area contributed by atoms with Crippen LogP contribution in [-0.4, -0.2) is 26.9 Å². The van der Waals surface area contributed by atoms with Crippen LogP contribution in [0.3, 0.4) is 0 Å². The summed E-state index contributed by atoms with van der Waals surface area (Å²) < 4.78 is 20.0. The molecule has 1 N–H and O–H groups in total. The Kier molecular flexibility index (Phi) is 7.85. The van der Waals surface area contributed by atoms with E-state index >= 15 is 0 Å². The third-order valence-corrected chi connectivity index (χ3v) is 6.60. The maximum absolute atomic E-state index is 9.22. The van der Waals surface area contributed by atoms with E-state index in [4.69, 9.17) is 47.5 Å². The zero-order chi connectivity index (χ0) is 27.6. The quantitative estimate of drug-likeness (QED) is 0.243. The Bertz CT molecular complexity index is 1530. The summed E-state index contributed by atoms with van der Waals surface area (Å²) in [4.78, 5) is 4.89. The maximum Gasteiger partial charge on any atom is 0.163 e. The van der Waals surface area contributed by atoms with Crippen molar-refractivity contribution in [3.05, 3.63) is 69.8 Å². The van der Waals surface area contributed by atoms with Gasteiger partial charge in [-0.05, 0) is 82.5 Å². The number of nitrogens with zero attached hydrogens (tertiary/aromatic N) is 4. The molecule has 1 atom stereocenters. The predicted molar refractivity (Wildman–Crippen MR) is 152 cm³/mol. The monoisotopic (exact) mass is 565 g/mol. The van der Waals surface area contributed by atoms with Gasteiger partial charge in [-0.15, -0.1) is 0 Å². The van der Waals surface area contributed by atoms with Crippen molar-refractivity contribution in [1.29, 1.82) is 5.26 Å². The van der Waals surface area contributed by atoms with Crippen molar-refractivity contribution in [1.82, 2.24) is 14.8 Å². The zero-order valence-electron chi connectivity index (χ0n) is 22.0. The fourth-order valence-electron chi connectivity index (χ4n) is 4.37. The number of nitrogens with one attached hydrogen (secondary N) is 1. The summed E-state index contributed by atoms with van der Waals surface area (Å²) in [6.07, 6.45) is 2.83. The van der Waals surface area contributed by atoms with E-state index in [1.807, 2.05) is 16.8 Å². The number of anilines is 1. The van der Waals surface area contributed by atoms with E-state index < -0.39 is 0 Å². The molecule has 0 radical (unpaired) electrons. The first kappa shape index (κ1) is 27.1. The predicted octanol–water partition coefficient (Wildman–Crippen LogP) is 7.89. The molecule has 0 spiro atoms. The molecule has 10 heteroatoms. The highest BCUT2D eigenvalue weighted by Gasteiger charge is 2.23. The molecule has 0 aliphatic carbocycles. The van der Waals surface area contributed by atoms with E-state index in [1.165, 1.54) is 0 Å². The molecule has 1 saturated heterocycles. The molecule has 202 valence electrons. The van der Waals surface area contributed by atoms with Crippen LogP contribution in [0.4, 0.5) is 5.82 Å². The fraction of sp³-hybridized carbons (Fsp3) is 0.345. The maximum atomic E-state index is 9.22. The summed E-state index contributed by atoms with van der Waals surface area (Å²) in [5, 5.41) is 19.2. The molecule has 2 aromatic heterocycles. The fourth-order valence-corrected chi connectivity index (χ4v) is 4.76. The van der Waals surface area contributed by atoms with Crippen LogP contribution in [-0.2, 0) is 11.3 Å². The third-order valence-electron chi connectivity index (χ3n) is 6.07. The highest BCUT2D eigenvalue weighted by Crippen LogP contribution is 2.35. The lowest BCUT2D eigenvalue weighted by Crippen LogP contribution is -2.26. The van der Waals surface area contributed by atoms with Crippen molar-refractivity contribution in [2.45, 2.75) is 58.4 Å². The molecule has 8 nitrogen and oxygen atoms in total. The second-order valence-corrected chi connectivity index (χ2v) is 11.3. The molecule has 1 aliphatic rings. The molecule has 39 heavy (non-hydrogen) atoms. The van der Waals surface area contributed by atoms with Crippen molar-refractivity contribution >= 4 is 40.1 Å². The molecule has 5 rings (SSSR count). The summed E-state index contributed by atoms with van der Waals surface area (Å²) >= 11 is 12.5. The number of hydrogen-bond donors (Lipinski definition) is 1. The lowest BCUT2D eigenvalue weighted by atomic mass is 10.1. The van der Waals surface area contributed by atoms with Crippen molar-refractivity contribution in [3.8, 4) is 23.3 Å². The van der Waals surface area contributed by atoms with Crippen LogP contribution in [0.2, 0.25) is 10.0 Å². The molecule has 0 amide bonds. The number of hydrogen-bond acceptors (Lipinski definition) is 7. The summed E-state index contributed by atoms with van der Waals surface area (Å²) in [6.45, 7) is 7.20. The number of fused-ring (bicyclic) bond motifs is 1. The highest BCUT2D eigenvalue weighted by molar-refractivity contribution is 6.32. The first-order valence-corrected chi connectivity index (χ1v) is 13.5. The van der Waals surface area contributed by atoms with Gasteiger partial charge in [0.25, 0.3) is 0 Å². The van der Waals surface area contributed by atoms with E-state index in [1.54, 1.807) is 36.4 Å². The molecule has 4 aromatic rings. The summed E-state index contributed by atoms with van der Waals surface area (Å²) in [5.41, 5.74) is 1.76. The number of halogens is 2. The molecule has 1 unspecified atom stereocenters. The SMILES string of the molecule is CC(C)(C)Nc1ccc2c(COc3ccc(Cl)c(Oc4cc(Cl)cc(C#N)c4)c3)nn(C3CCCCO3)c2n1. The lowest BCUT2D eigenvalue weighted by molar-refractivity contribution is -0.0373. The largest absolute Gasteiger partial charge is 0.487 e. The molecule has 2 aromatic carbocycles. The Labute approximate surface area is 237 Å². The van der Waals surface area contributed by atoms with Gasteiger partial charge in [-0.25, -0.2) is 9.67 Å². The Morgan fingerprint density at radius 1 is 1.10 bits per heavy atom. The lowest BCUT2D eigenvalue weighted by Gasteiger charge is -2.24. The Hall–Kier alpha value is -3.51. The highest BCUT2D eigenvalue weighted by atomic mass is 35.5. The second-order valence-electron chi connectivity index (χ2n) is 10.4. The first-order valence-electron chi connectivity index (χ1n) is 12.8.